The van der Waals surface area contributed by atoms with Crippen LogP contribution in [0.5, 0.6) is 0 Å². The van der Waals surface area contributed by atoms with Crippen LogP contribution in [0.15, 0.2) is 24.3 Å². The molecule has 0 spiro atoms. The van der Waals surface area contributed by atoms with Crippen LogP contribution in [0.4, 0.5) is 0 Å². The summed E-state index contributed by atoms with van der Waals surface area (Å²) < 4.78 is 28.2. The molecule has 0 bridgehead atoms. The molecule has 0 radical (unpaired) electrons. The lowest BCUT2D eigenvalue weighted by atomic mass is 9.55. The number of rotatable bonds is 15. The zero-order chi connectivity index (χ0) is 47.2. The third kappa shape index (κ3) is 11.5. The normalized spacial score (nSPS) is 36.2. The molecule has 21 nitrogen and oxygen atoms in total. The van der Waals surface area contributed by atoms with Crippen molar-refractivity contribution in [3.05, 3.63) is 35.4 Å². The maximum atomic E-state index is 13.2. The van der Waals surface area contributed by atoms with Crippen molar-refractivity contribution >= 4 is 35.5 Å². The Morgan fingerprint density at radius 3 is 2.15 bits per heavy atom. The number of aliphatic hydroxyl groups excluding tert-OH is 5. The molecule has 6 rings (SSSR count). The molecule has 362 valence electrons. The Bertz CT molecular complexity index is 1870. The number of methoxy groups -OCH3 is 1. The average Bonchev–Trinajstić information content (AvgIpc) is 3.54. The van der Waals surface area contributed by atoms with E-state index in [1.807, 2.05) is 0 Å². The first-order chi connectivity index (χ1) is 31.0. The number of nitrogens with one attached hydrogen (secondary N) is 5. The molecule has 5 amide bonds. The lowest BCUT2D eigenvalue weighted by Gasteiger charge is -2.50. The molecule has 1 aromatic carbocycles. The second kappa shape index (κ2) is 22.0. The van der Waals surface area contributed by atoms with E-state index in [4.69, 9.17) is 23.7 Å². The Kier molecular flexibility index (Phi) is 16.9. The van der Waals surface area contributed by atoms with Gasteiger partial charge in [0, 0.05) is 38.7 Å². The standard InChI is InChI=1S/C44H65N5O16/c1-21-34(45-22(2)51)38(35(57)29(20-50)62-21)64-43-37(59)36(58)39(61-4)40(65-43)42(60)49-48-31(54)12-8-7-11-30(53)46-47-32(55)15-16-33(56)63-41-28(52)19-27-26-14-13-23-9-5-6-10-24(23)25(26)17-18-44(27,41)3/h5-6,9-10,21,25-29,34-41,43,50,52,57-59H,7-8,11-20H2,1-4H3,(H,45,51)(H,46,53)(H,47,55)(H,48,54)(H,49,60)/t21?,25-,26-,27+,28-,29?,34?,35?,36?,37?,38?,39?,40?,41+,43?,44+/m1/s1. The van der Waals surface area contributed by atoms with Gasteiger partial charge in [-0.05, 0) is 80.8 Å². The van der Waals surface area contributed by atoms with Crippen molar-refractivity contribution in [3.8, 4) is 0 Å². The summed E-state index contributed by atoms with van der Waals surface area (Å²) in [6.45, 7) is 4.29. The molecule has 3 aliphatic carbocycles. The summed E-state index contributed by atoms with van der Waals surface area (Å²) in [5.74, 6) is -2.84. The van der Waals surface area contributed by atoms with Gasteiger partial charge >= 0.3 is 5.97 Å². The van der Waals surface area contributed by atoms with Crippen LogP contribution in [0.1, 0.15) is 102 Å². The topological polar surface area (TPSA) is 310 Å². The molecule has 16 atom stereocenters. The molecule has 2 saturated carbocycles. The van der Waals surface area contributed by atoms with E-state index in [1.54, 1.807) is 6.92 Å². The highest BCUT2D eigenvalue weighted by atomic mass is 16.7. The van der Waals surface area contributed by atoms with Crippen molar-refractivity contribution in [3.63, 3.8) is 0 Å². The van der Waals surface area contributed by atoms with Crippen LogP contribution < -0.4 is 27.0 Å². The Balaban J connectivity index is 0.873. The summed E-state index contributed by atoms with van der Waals surface area (Å²) in [7, 11) is 1.15. The molecule has 1 aromatic rings. The predicted octanol–water partition coefficient (Wildman–Crippen LogP) is -1.45. The molecule has 5 aliphatic rings. The number of hydrazine groups is 2. The molecule has 2 heterocycles. The zero-order valence-electron chi connectivity index (χ0n) is 37.2. The van der Waals surface area contributed by atoms with Gasteiger partial charge in [-0.15, -0.1) is 0 Å². The van der Waals surface area contributed by atoms with Crippen LogP contribution in [0.3, 0.4) is 0 Å². The number of aryl methyl sites for hydroxylation is 1. The number of ether oxygens (including phenoxy) is 5. The van der Waals surface area contributed by atoms with Gasteiger partial charge in [0.15, 0.2) is 12.4 Å². The van der Waals surface area contributed by atoms with Gasteiger partial charge in [-0.3, -0.25) is 50.5 Å². The van der Waals surface area contributed by atoms with Crippen molar-refractivity contribution < 1.29 is 78.0 Å². The predicted molar refractivity (Wildman–Crippen MR) is 224 cm³/mol. The Hall–Kier alpha value is -4.32. The number of unbranched alkanes of at least 4 members (excludes halogenated alkanes) is 1. The number of benzene rings is 1. The molecule has 65 heavy (non-hydrogen) atoms. The minimum absolute atomic E-state index is 0.0653. The van der Waals surface area contributed by atoms with Gasteiger partial charge < -0.3 is 54.5 Å². The van der Waals surface area contributed by atoms with Gasteiger partial charge in [0.05, 0.1) is 31.3 Å². The maximum absolute atomic E-state index is 13.2. The van der Waals surface area contributed by atoms with Crippen LogP contribution in [-0.2, 0) is 58.9 Å². The van der Waals surface area contributed by atoms with Crippen molar-refractivity contribution in [1.29, 1.82) is 0 Å². The van der Waals surface area contributed by atoms with E-state index in [0.717, 1.165) is 32.8 Å². The number of esters is 1. The molecule has 10 unspecified atom stereocenters. The van der Waals surface area contributed by atoms with Gasteiger partial charge in [0.2, 0.25) is 23.6 Å². The first kappa shape index (κ1) is 50.1. The van der Waals surface area contributed by atoms with Crippen molar-refractivity contribution in [2.75, 3.05) is 13.7 Å². The van der Waals surface area contributed by atoms with Crippen LogP contribution >= 0.6 is 0 Å². The maximum Gasteiger partial charge on any atom is 0.306 e. The third-order valence-electron chi connectivity index (χ3n) is 14.0. The van der Waals surface area contributed by atoms with Gasteiger partial charge in [0.25, 0.3) is 5.91 Å². The molecular weight excluding hydrogens is 855 g/mol. The van der Waals surface area contributed by atoms with Crippen molar-refractivity contribution in [2.45, 2.75) is 171 Å². The minimum Gasteiger partial charge on any atom is -0.459 e. The second-order valence-electron chi connectivity index (χ2n) is 18.2. The van der Waals surface area contributed by atoms with E-state index >= 15 is 0 Å². The summed E-state index contributed by atoms with van der Waals surface area (Å²) >= 11 is 0. The number of carbonyl (C=O) groups excluding carboxylic acids is 6. The van der Waals surface area contributed by atoms with Crippen LogP contribution in [0.2, 0.25) is 0 Å². The van der Waals surface area contributed by atoms with E-state index in [1.165, 1.54) is 18.1 Å². The van der Waals surface area contributed by atoms with Crippen molar-refractivity contribution in [2.24, 2.45) is 17.3 Å². The highest BCUT2D eigenvalue weighted by Gasteiger charge is 2.60. The first-order valence-corrected chi connectivity index (χ1v) is 22.5. The summed E-state index contributed by atoms with van der Waals surface area (Å²) in [6.07, 6.45) is -10.5. The number of fused-ring (bicyclic) bond motifs is 5. The van der Waals surface area contributed by atoms with E-state index in [-0.39, 0.29) is 49.9 Å². The smallest absolute Gasteiger partial charge is 0.306 e. The number of aliphatic hydroxyl groups is 5. The summed E-state index contributed by atoms with van der Waals surface area (Å²) in [6, 6.07) is 7.58. The second-order valence-corrected chi connectivity index (χ2v) is 18.2. The van der Waals surface area contributed by atoms with Crippen LogP contribution in [-0.4, -0.2) is 148 Å². The average molecular weight is 920 g/mol. The quantitative estimate of drug-likeness (QED) is 0.0547. The fourth-order valence-electron chi connectivity index (χ4n) is 10.7. The fourth-order valence-corrected chi connectivity index (χ4v) is 10.7. The SMILES string of the molecule is COC1C(C(=O)NNC(=O)CCCCC(=O)NNC(=O)CCC(=O)O[C@H]2[C@H](O)C[C@H]3[C@@H]4CCc5ccccc5[C@H]4CC[C@@]32C)OC(OC2C(O)C(CO)OC(C)C2NC(C)=O)C(O)C1O. The third-order valence-corrected chi connectivity index (χ3v) is 14.0. The lowest BCUT2D eigenvalue weighted by molar-refractivity contribution is -0.325. The van der Waals surface area contributed by atoms with Gasteiger partial charge in [-0.1, -0.05) is 31.2 Å². The first-order valence-electron chi connectivity index (χ1n) is 22.5. The van der Waals surface area contributed by atoms with Gasteiger partial charge in [-0.2, -0.15) is 0 Å². The summed E-state index contributed by atoms with van der Waals surface area (Å²) in [4.78, 5) is 75.5. The Labute approximate surface area is 376 Å². The van der Waals surface area contributed by atoms with E-state index < -0.39 is 115 Å². The Morgan fingerprint density at radius 2 is 1.49 bits per heavy atom. The molecule has 0 aromatic heterocycles. The Morgan fingerprint density at radius 1 is 0.831 bits per heavy atom. The van der Waals surface area contributed by atoms with Crippen molar-refractivity contribution in [1.82, 2.24) is 27.0 Å². The van der Waals surface area contributed by atoms with E-state index in [9.17, 15) is 54.3 Å². The number of hydrogen-bond donors (Lipinski definition) is 10. The monoisotopic (exact) mass is 919 g/mol. The highest BCUT2D eigenvalue weighted by Crippen LogP contribution is 2.61. The zero-order valence-corrected chi connectivity index (χ0v) is 37.2. The van der Waals surface area contributed by atoms with Crippen LogP contribution in [0.25, 0.3) is 0 Å². The number of hydrogen-bond acceptors (Lipinski definition) is 16. The fraction of sp³-hybridized carbons (Fsp3) is 0.727. The summed E-state index contributed by atoms with van der Waals surface area (Å²) in [5.41, 5.74) is 11.4. The molecule has 2 aliphatic heterocycles. The van der Waals surface area contributed by atoms with Gasteiger partial charge in [-0.25, -0.2) is 0 Å². The molecule has 2 saturated heterocycles. The van der Waals surface area contributed by atoms with Gasteiger partial charge in [0.1, 0.15) is 42.7 Å². The van der Waals surface area contributed by atoms with Crippen LogP contribution in [0, 0.1) is 17.3 Å². The molecular formula is C44H65N5O16. The molecule has 10 N–H and O–H groups in total. The lowest BCUT2D eigenvalue weighted by Crippen LogP contribution is -2.68. The minimum atomic E-state index is -1.81. The number of carbonyl (C=O) groups is 6. The summed E-state index contributed by atoms with van der Waals surface area (Å²) in [5, 5.41) is 55.9. The largest absolute Gasteiger partial charge is 0.459 e. The van der Waals surface area contributed by atoms with E-state index in [0.29, 0.717) is 18.3 Å². The molecule has 4 fully saturated rings. The highest BCUT2D eigenvalue weighted by molar-refractivity contribution is 5.86. The number of amides is 5. The van der Waals surface area contributed by atoms with E-state index in [2.05, 4.69) is 58.2 Å². The molecule has 21 heteroatoms.